The summed E-state index contributed by atoms with van der Waals surface area (Å²) in [6.07, 6.45) is 4.63. The third-order valence-corrected chi connectivity index (χ3v) is 5.77. The predicted molar refractivity (Wildman–Crippen MR) is 126 cm³/mol. The maximum atomic E-state index is 4.85. The number of thiazole rings is 1. The van der Waals surface area contributed by atoms with Crippen LogP contribution in [0.2, 0.25) is 0 Å². The van der Waals surface area contributed by atoms with Crippen LogP contribution in [0.3, 0.4) is 0 Å². The van der Waals surface area contributed by atoms with Crippen LogP contribution in [-0.2, 0) is 11.8 Å². The lowest BCUT2D eigenvalue weighted by molar-refractivity contribution is 0.299. The van der Waals surface area contributed by atoms with E-state index in [1.807, 2.05) is 0 Å². The van der Waals surface area contributed by atoms with Crippen LogP contribution in [0.25, 0.3) is 0 Å². The van der Waals surface area contributed by atoms with E-state index >= 15 is 0 Å². The maximum absolute atomic E-state index is 4.85. The largest absolute Gasteiger partial charge is 0.357 e. The molecule has 1 fully saturated rings. The molecule has 9 heteroatoms. The van der Waals surface area contributed by atoms with Crippen LogP contribution in [0.15, 0.2) is 16.7 Å². The van der Waals surface area contributed by atoms with Gasteiger partial charge < -0.3 is 10.2 Å². The maximum Gasteiger partial charge on any atom is 0.193 e. The highest BCUT2D eigenvalue weighted by atomic mass is 127. The highest BCUT2D eigenvalue weighted by Gasteiger charge is 2.24. The number of hydrogen-bond acceptors (Lipinski definition) is 5. The molecule has 0 aromatic carbocycles. The van der Waals surface area contributed by atoms with Crippen LogP contribution in [0.5, 0.6) is 0 Å². The van der Waals surface area contributed by atoms with Crippen molar-refractivity contribution in [3.05, 3.63) is 28.2 Å². The predicted octanol–water partition coefficient (Wildman–Crippen LogP) is 3.56. The van der Waals surface area contributed by atoms with E-state index in [1.165, 1.54) is 10.7 Å². The summed E-state index contributed by atoms with van der Waals surface area (Å²) in [5, 5.41) is 13.8. The number of likely N-dealkylation sites (tertiary alicyclic amines) is 1. The molecule has 3 rings (SSSR count). The first-order chi connectivity index (χ1) is 13.0. The minimum atomic E-state index is 0. The lowest BCUT2D eigenvalue weighted by atomic mass is 9.93. The number of rotatable bonds is 5. The number of nitrogens with one attached hydrogen (secondary N) is 2. The monoisotopic (exact) mass is 517 g/mol. The summed E-state index contributed by atoms with van der Waals surface area (Å²) in [7, 11) is 0. The van der Waals surface area contributed by atoms with Crippen molar-refractivity contribution in [1.29, 1.82) is 0 Å². The fraction of sp³-hybridized carbons (Fsp3) is 0.684. The normalized spacial score (nSPS) is 16.1. The minimum Gasteiger partial charge on any atom is -0.357 e. The van der Waals surface area contributed by atoms with E-state index in [9.17, 15) is 0 Å². The van der Waals surface area contributed by atoms with Crippen molar-refractivity contribution < 1.29 is 0 Å². The summed E-state index contributed by atoms with van der Waals surface area (Å²) >= 11 is 1.75. The number of piperidine rings is 1. The van der Waals surface area contributed by atoms with Crippen LogP contribution in [0.1, 0.15) is 63.0 Å². The summed E-state index contributed by atoms with van der Waals surface area (Å²) in [4.78, 5) is 16.3. The van der Waals surface area contributed by atoms with Crippen molar-refractivity contribution in [2.24, 2.45) is 4.99 Å². The van der Waals surface area contributed by atoms with Gasteiger partial charge in [-0.1, -0.05) is 20.8 Å². The van der Waals surface area contributed by atoms with Gasteiger partial charge in [-0.15, -0.1) is 35.3 Å². The van der Waals surface area contributed by atoms with Gasteiger partial charge in [-0.2, -0.15) is 5.10 Å². The summed E-state index contributed by atoms with van der Waals surface area (Å²) in [5.74, 6) is 2.49. The smallest absolute Gasteiger partial charge is 0.193 e. The molecule has 2 N–H and O–H groups in total. The Labute approximate surface area is 188 Å². The van der Waals surface area contributed by atoms with Crippen molar-refractivity contribution in [1.82, 2.24) is 30.4 Å². The van der Waals surface area contributed by atoms with Gasteiger partial charge in [0.15, 0.2) is 5.96 Å². The van der Waals surface area contributed by atoms with Crippen molar-refractivity contribution in [3.8, 4) is 0 Å². The van der Waals surface area contributed by atoms with Crippen molar-refractivity contribution in [3.63, 3.8) is 0 Å². The molecule has 28 heavy (non-hydrogen) atoms. The van der Waals surface area contributed by atoms with Crippen LogP contribution < -0.4 is 5.32 Å². The van der Waals surface area contributed by atoms with Gasteiger partial charge in [0, 0.05) is 49.3 Å². The number of guanidine groups is 1. The number of aliphatic imine (C=N–C) groups is 1. The molecule has 1 saturated heterocycles. The summed E-state index contributed by atoms with van der Waals surface area (Å²) in [6, 6.07) is 0. The fourth-order valence-corrected chi connectivity index (χ4v) is 4.24. The lowest BCUT2D eigenvalue weighted by Crippen LogP contribution is -2.45. The molecule has 0 atom stereocenters. The van der Waals surface area contributed by atoms with Crippen molar-refractivity contribution in [2.75, 3.05) is 26.2 Å². The molecule has 0 spiro atoms. The van der Waals surface area contributed by atoms with Gasteiger partial charge in [0.05, 0.1) is 10.7 Å². The zero-order valence-corrected chi connectivity index (χ0v) is 20.4. The first-order valence-corrected chi connectivity index (χ1v) is 10.7. The van der Waals surface area contributed by atoms with E-state index in [2.05, 4.69) is 58.5 Å². The van der Waals surface area contributed by atoms with Gasteiger partial charge in [-0.3, -0.25) is 10.1 Å². The molecule has 0 saturated carbocycles. The second-order valence-corrected chi connectivity index (χ2v) is 8.94. The quantitative estimate of drug-likeness (QED) is 0.360. The van der Waals surface area contributed by atoms with E-state index in [0.29, 0.717) is 5.92 Å². The second kappa shape index (κ2) is 10.5. The second-order valence-electron chi connectivity index (χ2n) is 7.99. The average molecular weight is 517 g/mol. The van der Waals surface area contributed by atoms with Crippen molar-refractivity contribution in [2.45, 2.75) is 58.3 Å². The molecule has 0 unspecified atom stereocenters. The molecular weight excluding hydrogens is 485 g/mol. The molecule has 2 aromatic rings. The Morgan fingerprint density at radius 2 is 2.11 bits per heavy atom. The zero-order valence-electron chi connectivity index (χ0n) is 17.2. The standard InChI is InChI=1S/C19H31N7S.HI/c1-5-20-18(21-9-6-16-24-15(12-27-16)19(2,3)4)26-10-7-14(8-11-26)17-22-13-23-25-17;/h12-14H,5-11H2,1-4H3,(H,20,21)(H,22,23,25);1H. The molecule has 0 radical (unpaired) electrons. The Bertz CT molecular complexity index is 728. The first kappa shape index (κ1) is 23.1. The van der Waals surface area contributed by atoms with Crippen LogP contribution >= 0.6 is 35.3 Å². The Hall–Kier alpha value is -1.23. The van der Waals surface area contributed by atoms with Crippen LogP contribution in [-0.4, -0.2) is 57.2 Å². The van der Waals surface area contributed by atoms with Crippen molar-refractivity contribution >= 4 is 41.3 Å². The lowest BCUT2D eigenvalue weighted by Gasteiger charge is -2.33. The molecule has 0 bridgehead atoms. The molecular formula is C19H32IN7S. The van der Waals surface area contributed by atoms with E-state index < -0.39 is 0 Å². The molecule has 1 aliphatic heterocycles. The highest BCUT2D eigenvalue weighted by Crippen LogP contribution is 2.25. The average Bonchev–Trinajstić information content (AvgIpc) is 3.33. The Morgan fingerprint density at radius 3 is 2.68 bits per heavy atom. The van der Waals surface area contributed by atoms with Gasteiger partial charge in [0.25, 0.3) is 0 Å². The number of hydrogen-bond donors (Lipinski definition) is 2. The highest BCUT2D eigenvalue weighted by molar-refractivity contribution is 14.0. The van der Waals surface area contributed by atoms with E-state index in [4.69, 9.17) is 9.98 Å². The zero-order chi connectivity index (χ0) is 19.3. The molecule has 7 nitrogen and oxygen atoms in total. The van der Waals surface area contributed by atoms with Crippen LogP contribution in [0.4, 0.5) is 0 Å². The number of H-pyrrole nitrogens is 1. The van der Waals surface area contributed by atoms with E-state index in [-0.39, 0.29) is 29.4 Å². The Morgan fingerprint density at radius 1 is 1.36 bits per heavy atom. The summed E-state index contributed by atoms with van der Waals surface area (Å²) < 4.78 is 0. The molecule has 2 aromatic heterocycles. The summed E-state index contributed by atoms with van der Waals surface area (Å²) in [6.45, 7) is 12.4. The van der Waals surface area contributed by atoms with Gasteiger partial charge in [-0.25, -0.2) is 9.97 Å². The number of halogens is 1. The fourth-order valence-electron chi connectivity index (χ4n) is 3.23. The van der Waals surface area contributed by atoms with E-state index in [0.717, 1.165) is 57.2 Å². The minimum absolute atomic E-state index is 0. The SMILES string of the molecule is CCNC(=NCCc1nc(C(C)(C)C)cs1)N1CCC(c2ncn[nH]2)CC1.I. The molecule has 3 heterocycles. The number of aromatic amines is 1. The summed E-state index contributed by atoms with van der Waals surface area (Å²) in [5.41, 5.74) is 1.29. The van der Waals surface area contributed by atoms with Gasteiger partial charge in [0.1, 0.15) is 12.2 Å². The number of aromatic nitrogens is 4. The molecule has 156 valence electrons. The Kier molecular flexibility index (Phi) is 8.66. The Balaban J connectivity index is 0.00000280. The van der Waals surface area contributed by atoms with Gasteiger partial charge in [-0.05, 0) is 19.8 Å². The van der Waals surface area contributed by atoms with Crippen LogP contribution in [0, 0.1) is 0 Å². The number of nitrogens with zero attached hydrogens (tertiary/aromatic N) is 5. The van der Waals surface area contributed by atoms with Gasteiger partial charge in [0.2, 0.25) is 0 Å². The van der Waals surface area contributed by atoms with E-state index in [1.54, 1.807) is 17.7 Å². The molecule has 0 aliphatic carbocycles. The van der Waals surface area contributed by atoms with Gasteiger partial charge >= 0.3 is 0 Å². The third-order valence-electron chi connectivity index (χ3n) is 4.86. The first-order valence-electron chi connectivity index (χ1n) is 9.80. The topological polar surface area (TPSA) is 82.1 Å². The molecule has 0 amide bonds. The molecule has 1 aliphatic rings. The third kappa shape index (κ3) is 6.13.